The highest BCUT2D eigenvalue weighted by Gasteiger charge is 2.17. The Bertz CT molecular complexity index is 753. The molecule has 0 amide bonds. The lowest BCUT2D eigenvalue weighted by atomic mass is 10.1. The largest absolute Gasteiger partial charge is 0.242 e. The summed E-state index contributed by atoms with van der Waals surface area (Å²) in [5.41, 5.74) is 2.72. The summed E-state index contributed by atoms with van der Waals surface area (Å²) in [5.74, 6) is 0.728. The van der Waals surface area contributed by atoms with E-state index in [9.17, 15) is 8.42 Å². The molecule has 6 heteroatoms. The first kappa shape index (κ1) is 16.6. The van der Waals surface area contributed by atoms with Gasteiger partial charge in [-0.1, -0.05) is 25.5 Å². The van der Waals surface area contributed by atoms with Crippen LogP contribution in [0, 0.1) is 6.92 Å². The number of aromatic nitrogens is 2. The maximum absolute atomic E-state index is 12.1. The first-order valence-corrected chi connectivity index (χ1v) is 8.66. The topological polar surface area (TPSA) is 63.2 Å². The van der Waals surface area contributed by atoms with Crippen molar-refractivity contribution in [1.82, 2.24) is 14.3 Å². The van der Waals surface area contributed by atoms with Crippen molar-refractivity contribution in [3.63, 3.8) is 0 Å². The maximum atomic E-state index is 12.1. The molecule has 22 heavy (non-hydrogen) atoms. The van der Waals surface area contributed by atoms with E-state index in [1.165, 1.54) is 18.4 Å². The van der Waals surface area contributed by atoms with Crippen molar-refractivity contribution < 1.29 is 8.42 Å². The molecule has 0 aliphatic heterocycles. The summed E-state index contributed by atoms with van der Waals surface area (Å²) in [6.07, 6.45) is 1.93. The van der Waals surface area contributed by atoms with E-state index in [1.54, 1.807) is 24.3 Å². The van der Waals surface area contributed by atoms with E-state index in [2.05, 4.69) is 16.9 Å². The van der Waals surface area contributed by atoms with Crippen LogP contribution in [-0.4, -0.2) is 36.8 Å². The van der Waals surface area contributed by atoms with Gasteiger partial charge in [0, 0.05) is 25.4 Å². The third kappa shape index (κ3) is 3.51. The predicted octanol–water partition coefficient (Wildman–Crippen LogP) is 2.65. The molecule has 0 saturated heterocycles. The monoisotopic (exact) mass is 319 g/mol. The lowest BCUT2D eigenvalue weighted by Gasteiger charge is -2.12. The molecule has 0 radical (unpaired) electrons. The van der Waals surface area contributed by atoms with Gasteiger partial charge in [0.2, 0.25) is 10.0 Å². The van der Waals surface area contributed by atoms with Crippen LogP contribution in [0.15, 0.2) is 35.2 Å². The maximum Gasteiger partial charge on any atom is 0.242 e. The summed E-state index contributed by atoms with van der Waals surface area (Å²) in [6.45, 7) is 3.98. The van der Waals surface area contributed by atoms with Crippen molar-refractivity contribution in [2.24, 2.45) is 0 Å². The third-order valence-corrected chi connectivity index (χ3v) is 5.16. The van der Waals surface area contributed by atoms with Crippen LogP contribution in [0.2, 0.25) is 0 Å². The summed E-state index contributed by atoms with van der Waals surface area (Å²) < 4.78 is 25.4. The molecule has 0 unspecified atom stereocenters. The van der Waals surface area contributed by atoms with E-state index in [-0.39, 0.29) is 4.90 Å². The number of aryl methyl sites for hydroxylation is 2. The number of nitrogens with zero attached hydrogens (tertiary/aromatic N) is 3. The molecule has 118 valence electrons. The third-order valence-electron chi connectivity index (χ3n) is 3.33. The smallest absolute Gasteiger partial charge is 0.238 e. The highest BCUT2D eigenvalue weighted by molar-refractivity contribution is 7.89. The molecular weight excluding hydrogens is 298 g/mol. The average molecular weight is 319 g/mol. The second-order valence-corrected chi connectivity index (χ2v) is 7.51. The fourth-order valence-electron chi connectivity index (χ4n) is 2.17. The van der Waals surface area contributed by atoms with Crippen molar-refractivity contribution >= 4 is 10.0 Å². The lowest BCUT2D eigenvalue weighted by Crippen LogP contribution is -2.22. The highest BCUT2D eigenvalue weighted by atomic mass is 32.2. The zero-order chi connectivity index (χ0) is 16.3. The van der Waals surface area contributed by atoms with Gasteiger partial charge in [0.15, 0.2) is 0 Å². The molecule has 0 fully saturated rings. The van der Waals surface area contributed by atoms with Crippen LogP contribution in [0.4, 0.5) is 0 Å². The van der Waals surface area contributed by atoms with Crippen molar-refractivity contribution in [2.45, 2.75) is 31.6 Å². The van der Waals surface area contributed by atoms with Gasteiger partial charge in [-0.2, -0.15) is 0 Å². The van der Waals surface area contributed by atoms with E-state index in [1.807, 2.05) is 13.0 Å². The van der Waals surface area contributed by atoms with Crippen molar-refractivity contribution in [2.75, 3.05) is 14.1 Å². The van der Waals surface area contributed by atoms with Crippen LogP contribution in [0.25, 0.3) is 11.3 Å². The van der Waals surface area contributed by atoms with E-state index in [0.717, 1.165) is 35.6 Å². The van der Waals surface area contributed by atoms with Gasteiger partial charge in [-0.05, 0) is 31.5 Å². The van der Waals surface area contributed by atoms with E-state index >= 15 is 0 Å². The van der Waals surface area contributed by atoms with Gasteiger partial charge in [0.05, 0.1) is 10.6 Å². The second-order valence-electron chi connectivity index (χ2n) is 5.35. The SMILES string of the molecule is CCCc1cc(-c2ccc(S(=O)(=O)N(C)C)cc2)nc(C)n1. The second kappa shape index (κ2) is 6.54. The Morgan fingerprint density at radius 3 is 2.27 bits per heavy atom. The quantitative estimate of drug-likeness (QED) is 0.850. The van der Waals surface area contributed by atoms with Crippen LogP contribution in [0.3, 0.4) is 0 Å². The first-order valence-electron chi connectivity index (χ1n) is 7.22. The fraction of sp³-hybridized carbons (Fsp3) is 0.375. The van der Waals surface area contributed by atoms with Crippen LogP contribution in [0.5, 0.6) is 0 Å². The number of benzene rings is 1. The molecule has 0 spiro atoms. The standard InChI is InChI=1S/C16H21N3O2S/c1-5-6-14-11-16(18-12(2)17-14)13-7-9-15(10-8-13)22(20,21)19(3)4/h7-11H,5-6H2,1-4H3. The van der Waals surface area contributed by atoms with Gasteiger partial charge in [0.25, 0.3) is 0 Å². The molecular formula is C16H21N3O2S. The Labute approximate surface area is 132 Å². The molecule has 0 atom stereocenters. The minimum absolute atomic E-state index is 0.279. The van der Waals surface area contributed by atoms with Crippen LogP contribution < -0.4 is 0 Å². The normalized spacial score (nSPS) is 11.9. The Morgan fingerprint density at radius 2 is 1.73 bits per heavy atom. The zero-order valence-electron chi connectivity index (χ0n) is 13.4. The van der Waals surface area contributed by atoms with Gasteiger partial charge in [-0.15, -0.1) is 0 Å². The molecule has 2 rings (SSSR count). The van der Waals surface area contributed by atoms with E-state index in [0.29, 0.717) is 0 Å². The summed E-state index contributed by atoms with van der Waals surface area (Å²) in [5, 5.41) is 0. The molecule has 0 saturated carbocycles. The molecule has 1 heterocycles. The molecule has 5 nitrogen and oxygen atoms in total. The van der Waals surface area contributed by atoms with Crippen LogP contribution >= 0.6 is 0 Å². The zero-order valence-corrected chi connectivity index (χ0v) is 14.2. The minimum Gasteiger partial charge on any atom is -0.238 e. The molecule has 0 N–H and O–H groups in total. The molecule has 1 aromatic heterocycles. The predicted molar refractivity (Wildman–Crippen MR) is 87.1 cm³/mol. The number of sulfonamides is 1. The van der Waals surface area contributed by atoms with Crippen LogP contribution in [0.1, 0.15) is 24.9 Å². The van der Waals surface area contributed by atoms with Crippen molar-refractivity contribution in [3.8, 4) is 11.3 Å². The molecule has 2 aromatic rings. The molecule has 1 aromatic carbocycles. The number of hydrogen-bond donors (Lipinski definition) is 0. The Morgan fingerprint density at radius 1 is 1.09 bits per heavy atom. The average Bonchev–Trinajstić information content (AvgIpc) is 2.47. The summed E-state index contributed by atoms with van der Waals surface area (Å²) in [7, 11) is -0.356. The Balaban J connectivity index is 2.39. The molecule has 0 aliphatic rings. The van der Waals surface area contributed by atoms with Gasteiger partial charge < -0.3 is 0 Å². The number of hydrogen-bond acceptors (Lipinski definition) is 4. The minimum atomic E-state index is -3.40. The summed E-state index contributed by atoms with van der Waals surface area (Å²) in [4.78, 5) is 9.14. The van der Waals surface area contributed by atoms with Gasteiger partial charge in [0.1, 0.15) is 5.82 Å². The van der Waals surface area contributed by atoms with Gasteiger partial charge >= 0.3 is 0 Å². The molecule has 0 aliphatic carbocycles. The molecule has 0 bridgehead atoms. The van der Waals surface area contributed by atoms with Gasteiger partial charge in [-0.25, -0.2) is 22.7 Å². The van der Waals surface area contributed by atoms with Crippen molar-refractivity contribution in [1.29, 1.82) is 0 Å². The summed E-state index contributed by atoms with van der Waals surface area (Å²) >= 11 is 0. The van der Waals surface area contributed by atoms with Crippen molar-refractivity contribution in [3.05, 3.63) is 41.9 Å². The van der Waals surface area contributed by atoms with Crippen LogP contribution in [-0.2, 0) is 16.4 Å². The summed E-state index contributed by atoms with van der Waals surface area (Å²) in [6, 6.07) is 8.76. The number of rotatable bonds is 5. The van der Waals surface area contributed by atoms with E-state index < -0.39 is 10.0 Å². The Kier molecular flexibility index (Phi) is 4.93. The Hall–Kier alpha value is -1.79. The van der Waals surface area contributed by atoms with E-state index in [4.69, 9.17) is 0 Å². The fourth-order valence-corrected chi connectivity index (χ4v) is 3.07. The van der Waals surface area contributed by atoms with Gasteiger partial charge in [-0.3, -0.25) is 0 Å². The first-order chi connectivity index (χ1) is 10.3. The highest BCUT2D eigenvalue weighted by Crippen LogP contribution is 2.22. The lowest BCUT2D eigenvalue weighted by molar-refractivity contribution is 0.521.